The predicted molar refractivity (Wildman–Crippen MR) is 76.8 cm³/mol. The normalized spacial score (nSPS) is 10.1. The van der Waals surface area contributed by atoms with Crippen LogP contribution in [0.1, 0.15) is 5.56 Å². The Labute approximate surface area is 129 Å². The molecule has 2 rings (SSSR count). The number of hydrogen-bond donors (Lipinski definition) is 4. The van der Waals surface area contributed by atoms with Crippen molar-refractivity contribution in [2.75, 3.05) is 0 Å². The minimum Gasteiger partial charge on any atom is -0.508 e. The van der Waals surface area contributed by atoms with Gasteiger partial charge in [-0.2, -0.15) is 4.68 Å². The summed E-state index contributed by atoms with van der Waals surface area (Å²) in [4.78, 5) is 24.8. The number of phenols is 2. The van der Waals surface area contributed by atoms with Gasteiger partial charge in [-0.3, -0.25) is 15.6 Å². The van der Waals surface area contributed by atoms with E-state index in [1.165, 1.54) is 12.1 Å². The number of benzene rings is 1. The Morgan fingerprint density at radius 1 is 1.39 bits per heavy atom. The van der Waals surface area contributed by atoms with Crippen molar-refractivity contribution in [3.05, 3.63) is 46.8 Å². The van der Waals surface area contributed by atoms with Gasteiger partial charge in [0.25, 0.3) is 5.91 Å². The first-order valence-electron chi connectivity index (χ1n) is 6.17. The van der Waals surface area contributed by atoms with Crippen molar-refractivity contribution in [1.29, 1.82) is 0 Å². The molecule has 0 unspecified atom stereocenters. The fourth-order valence-corrected chi connectivity index (χ4v) is 1.62. The average Bonchev–Trinajstić information content (AvgIpc) is 2.93. The lowest BCUT2D eigenvalue weighted by molar-refractivity contribution is -0.394. The molecule has 11 heteroatoms. The summed E-state index contributed by atoms with van der Waals surface area (Å²) < 4.78 is 0.996. The van der Waals surface area contributed by atoms with Crippen LogP contribution < -0.4 is 10.9 Å². The molecule has 0 atom stereocenters. The van der Waals surface area contributed by atoms with Gasteiger partial charge in [0.2, 0.25) is 6.33 Å². The van der Waals surface area contributed by atoms with E-state index < -0.39 is 16.8 Å². The molecule has 0 aliphatic rings. The number of rotatable bonds is 6. The fraction of sp³-hybridized carbons (Fsp3) is 0.0833. The van der Waals surface area contributed by atoms with E-state index in [0.29, 0.717) is 0 Å². The van der Waals surface area contributed by atoms with Crippen LogP contribution in [0.15, 0.2) is 31.1 Å². The second-order valence-electron chi connectivity index (χ2n) is 4.35. The van der Waals surface area contributed by atoms with Crippen LogP contribution in [0.5, 0.6) is 11.5 Å². The van der Waals surface area contributed by atoms with E-state index in [0.717, 1.165) is 17.1 Å². The summed E-state index contributed by atoms with van der Waals surface area (Å²) in [6, 6.07) is 3.88. The van der Waals surface area contributed by atoms with Crippen molar-refractivity contribution in [2.45, 2.75) is 6.54 Å². The topological polar surface area (TPSA) is 155 Å². The number of carbonyl (C=O) groups is 1. The van der Waals surface area contributed by atoms with Crippen LogP contribution >= 0.6 is 0 Å². The summed E-state index contributed by atoms with van der Waals surface area (Å²) in [5.74, 6) is -1.51. The second kappa shape index (κ2) is 6.43. The van der Waals surface area contributed by atoms with Crippen molar-refractivity contribution in [1.82, 2.24) is 25.6 Å². The zero-order chi connectivity index (χ0) is 17.0. The van der Waals surface area contributed by atoms with Gasteiger partial charge < -0.3 is 20.3 Å². The molecule has 0 saturated heterocycles. The summed E-state index contributed by atoms with van der Waals surface area (Å²) in [5.41, 5.74) is 5.23. The van der Waals surface area contributed by atoms with Gasteiger partial charge >= 0.3 is 5.95 Å². The van der Waals surface area contributed by atoms with Crippen molar-refractivity contribution < 1.29 is 19.9 Å². The highest BCUT2D eigenvalue weighted by Crippen LogP contribution is 2.26. The zero-order valence-electron chi connectivity index (χ0n) is 11.6. The molecule has 0 saturated carbocycles. The van der Waals surface area contributed by atoms with Gasteiger partial charge in [0.1, 0.15) is 18.0 Å². The number of carbonyl (C=O) groups excluding carboxylic acids is 1. The fourth-order valence-electron chi connectivity index (χ4n) is 1.62. The molecule has 0 radical (unpaired) electrons. The minimum absolute atomic E-state index is 0.115. The van der Waals surface area contributed by atoms with E-state index in [-0.39, 0.29) is 29.3 Å². The molecule has 0 aliphatic carbocycles. The number of nitrogens with zero attached hydrogens (tertiary/aromatic N) is 4. The predicted octanol–water partition coefficient (Wildman–Crippen LogP) is -0.111. The van der Waals surface area contributed by atoms with Crippen molar-refractivity contribution in [3.63, 3.8) is 0 Å². The van der Waals surface area contributed by atoms with E-state index >= 15 is 0 Å². The molecule has 11 nitrogen and oxygen atoms in total. The first-order valence-corrected chi connectivity index (χ1v) is 6.17. The first-order chi connectivity index (χ1) is 10.9. The molecule has 2 aromatic rings. The highest BCUT2D eigenvalue weighted by Gasteiger charge is 2.15. The first kappa shape index (κ1) is 15.8. The smallest absolute Gasteiger partial charge is 0.490 e. The quantitative estimate of drug-likeness (QED) is 0.424. The Bertz CT molecular complexity index is 771. The molecule has 0 bridgehead atoms. The Morgan fingerprint density at radius 3 is 2.74 bits per heavy atom. The standard InChI is InChI=1S/C12H12N6O5/c1-7(9-3-2-8(19)4-10(9)20)14-15-11(21)5-17-6-13-12(16-17)18(22)23/h2-4,6,14,19-20H,1,5H2,(H,15,21). The van der Waals surface area contributed by atoms with Crippen LogP contribution in [0.3, 0.4) is 0 Å². The van der Waals surface area contributed by atoms with Crippen molar-refractivity contribution >= 4 is 17.6 Å². The summed E-state index contributed by atoms with van der Waals surface area (Å²) in [7, 11) is 0. The lowest BCUT2D eigenvalue weighted by Crippen LogP contribution is -2.38. The Balaban J connectivity index is 1.90. The highest BCUT2D eigenvalue weighted by molar-refractivity contribution is 5.77. The Kier molecular flexibility index (Phi) is 4.40. The van der Waals surface area contributed by atoms with Gasteiger partial charge in [0, 0.05) is 16.7 Å². The van der Waals surface area contributed by atoms with Crippen molar-refractivity contribution in [3.8, 4) is 11.5 Å². The molecule has 1 aromatic carbocycles. The third-order valence-corrected chi connectivity index (χ3v) is 2.65. The molecule has 1 amide bonds. The maximum atomic E-state index is 11.7. The SMILES string of the molecule is C=C(NNC(=O)Cn1cnc([N+](=O)[O-])n1)c1ccc(O)cc1O. The van der Waals surface area contributed by atoms with E-state index in [4.69, 9.17) is 0 Å². The minimum atomic E-state index is -0.776. The number of amides is 1. The van der Waals surface area contributed by atoms with Crippen LogP contribution in [-0.4, -0.2) is 35.8 Å². The number of hydrazine groups is 1. The second-order valence-corrected chi connectivity index (χ2v) is 4.35. The molecule has 1 heterocycles. The van der Waals surface area contributed by atoms with Gasteiger partial charge in [-0.15, -0.1) is 0 Å². The third kappa shape index (κ3) is 3.93. The average molecular weight is 320 g/mol. The lowest BCUT2D eigenvalue weighted by atomic mass is 10.1. The number of nitrogens with one attached hydrogen (secondary N) is 2. The number of aromatic nitrogens is 3. The molecular formula is C12H12N6O5. The van der Waals surface area contributed by atoms with E-state index in [2.05, 4.69) is 27.5 Å². The van der Waals surface area contributed by atoms with Gasteiger partial charge in [0.15, 0.2) is 0 Å². The van der Waals surface area contributed by atoms with Crippen LogP contribution in [-0.2, 0) is 11.3 Å². The molecule has 120 valence electrons. The van der Waals surface area contributed by atoms with Gasteiger partial charge in [-0.25, -0.2) is 0 Å². The largest absolute Gasteiger partial charge is 0.508 e. The van der Waals surface area contributed by atoms with Crippen LogP contribution in [0, 0.1) is 10.1 Å². The van der Waals surface area contributed by atoms with Crippen LogP contribution in [0.4, 0.5) is 5.95 Å². The molecule has 0 spiro atoms. The number of hydrogen-bond acceptors (Lipinski definition) is 8. The number of aromatic hydroxyl groups is 2. The van der Waals surface area contributed by atoms with Crippen LogP contribution in [0.25, 0.3) is 5.70 Å². The van der Waals surface area contributed by atoms with Crippen LogP contribution in [0.2, 0.25) is 0 Å². The van der Waals surface area contributed by atoms with E-state index in [1.807, 2.05) is 0 Å². The number of nitro groups is 1. The summed E-state index contributed by atoms with van der Waals surface area (Å²) in [6.45, 7) is 3.33. The molecule has 0 aliphatic heterocycles. The summed E-state index contributed by atoms with van der Waals surface area (Å²) >= 11 is 0. The molecule has 4 N–H and O–H groups in total. The Morgan fingerprint density at radius 2 is 2.13 bits per heavy atom. The maximum absolute atomic E-state index is 11.7. The molecular weight excluding hydrogens is 308 g/mol. The zero-order valence-corrected chi connectivity index (χ0v) is 11.6. The third-order valence-electron chi connectivity index (χ3n) is 2.65. The summed E-state index contributed by atoms with van der Waals surface area (Å²) in [5, 5.41) is 32.8. The molecule has 0 fully saturated rings. The van der Waals surface area contributed by atoms with E-state index in [9.17, 15) is 25.1 Å². The summed E-state index contributed by atoms with van der Waals surface area (Å²) in [6.07, 6.45) is 1.05. The Hall–Kier alpha value is -3.63. The highest BCUT2D eigenvalue weighted by atomic mass is 16.6. The number of phenolic OH excluding ortho intramolecular Hbond substituents is 2. The monoisotopic (exact) mass is 320 g/mol. The molecule has 1 aromatic heterocycles. The van der Waals surface area contributed by atoms with Gasteiger partial charge in [-0.1, -0.05) is 11.6 Å². The van der Waals surface area contributed by atoms with Crippen molar-refractivity contribution in [2.24, 2.45) is 0 Å². The van der Waals surface area contributed by atoms with Gasteiger partial charge in [-0.05, 0) is 17.1 Å². The van der Waals surface area contributed by atoms with Gasteiger partial charge in [0.05, 0.1) is 5.70 Å². The maximum Gasteiger partial charge on any atom is 0.490 e. The molecule has 23 heavy (non-hydrogen) atoms. The van der Waals surface area contributed by atoms with E-state index in [1.54, 1.807) is 0 Å². The lowest BCUT2D eigenvalue weighted by Gasteiger charge is -2.12.